The van der Waals surface area contributed by atoms with Crippen molar-refractivity contribution in [2.45, 2.75) is 13.1 Å². The number of carbonyl (C=O) groups is 1. The van der Waals surface area contributed by atoms with Gasteiger partial charge in [0.25, 0.3) is 0 Å². The molecule has 0 radical (unpaired) electrons. The van der Waals surface area contributed by atoms with E-state index in [2.05, 4.69) is 4.98 Å². The average Bonchev–Trinajstić information content (AvgIpc) is 2.59. The summed E-state index contributed by atoms with van der Waals surface area (Å²) in [5, 5.41) is 0.438. The lowest BCUT2D eigenvalue weighted by Gasteiger charge is -2.06. The maximum Gasteiger partial charge on any atom is 0.416 e. The fourth-order valence-electron chi connectivity index (χ4n) is 1.52. The number of hydrogen-bond acceptors (Lipinski definition) is 2. The summed E-state index contributed by atoms with van der Waals surface area (Å²) in [6.07, 6.45) is -3.03. The average molecular weight is 243 g/mol. The molecule has 0 saturated carbocycles. The van der Waals surface area contributed by atoms with E-state index in [1.807, 2.05) is 0 Å². The van der Waals surface area contributed by atoms with Crippen LogP contribution in [0.1, 0.15) is 12.5 Å². The molecule has 0 aliphatic heterocycles. The number of esters is 1. The predicted octanol–water partition coefficient (Wildman–Crippen LogP) is 3.11. The third kappa shape index (κ3) is 2.25. The molecule has 1 heterocycles. The van der Waals surface area contributed by atoms with Gasteiger partial charge in [-0.15, -0.1) is 0 Å². The molecule has 0 unspecified atom stereocenters. The Kier molecular flexibility index (Phi) is 2.57. The predicted molar refractivity (Wildman–Crippen MR) is 54.6 cm³/mol. The summed E-state index contributed by atoms with van der Waals surface area (Å²) in [6.45, 7) is 1.23. The lowest BCUT2D eigenvalue weighted by Crippen LogP contribution is -2.04. The Morgan fingerprint density at radius 3 is 2.65 bits per heavy atom. The highest BCUT2D eigenvalue weighted by molar-refractivity contribution is 5.88. The van der Waals surface area contributed by atoms with Gasteiger partial charge >= 0.3 is 12.1 Å². The fraction of sp³-hybridized carbons (Fsp3) is 0.182. The normalized spacial score (nSPS) is 11.8. The number of rotatable bonds is 1. The van der Waals surface area contributed by atoms with Crippen LogP contribution < -0.4 is 4.74 Å². The first-order chi connectivity index (χ1) is 7.88. The molecule has 17 heavy (non-hydrogen) atoms. The highest BCUT2D eigenvalue weighted by Crippen LogP contribution is 2.33. The molecule has 3 nitrogen and oxygen atoms in total. The molecule has 1 N–H and O–H groups in total. The van der Waals surface area contributed by atoms with E-state index in [0.717, 1.165) is 12.1 Å². The topological polar surface area (TPSA) is 42.1 Å². The third-order valence-corrected chi connectivity index (χ3v) is 2.22. The Morgan fingerprint density at radius 1 is 1.35 bits per heavy atom. The molecular formula is C11H8F3NO2. The number of aromatic nitrogens is 1. The van der Waals surface area contributed by atoms with Crippen LogP contribution in [0, 0.1) is 0 Å². The van der Waals surface area contributed by atoms with Crippen LogP contribution >= 0.6 is 0 Å². The van der Waals surface area contributed by atoms with Gasteiger partial charge in [-0.1, -0.05) is 0 Å². The van der Waals surface area contributed by atoms with E-state index in [-0.39, 0.29) is 11.3 Å². The molecule has 1 aromatic carbocycles. The zero-order valence-corrected chi connectivity index (χ0v) is 8.76. The smallest absolute Gasteiger partial charge is 0.416 e. The molecule has 0 atom stereocenters. The minimum absolute atomic E-state index is 0.223. The van der Waals surface area contributed by atoms with Gasteiger partial charge in [0.1, 0.15) is 0 Å². The molecule has 0 saturated heterocycles. The van der Waals surface area contributed by atoms with Crippen molar-refractivity contribution in [2.24, 2.45) is 0 Å². The van der Waals surface area contributed by atoms with Crippen molar-refractivity contribution >= 4 is 16.9 Å². The zero-order chi connectivity index (χ0) is 12.6. The highest BCUT2D eigenvalue weighted by atomic mass is 19.4. The van der Waals surface area contributed by atoms with Crippen molar-refractivity contribution in [2.75, 3.05) is 0 Å². The second-order valence-corrected chi connectivity index (χ2v) is 3.50. The van der Waals surface area contributed by atoms with E-state index in [0.29, 0.717) is 5.39 Å². The van der Waals surface area contributed by atoms with Crippen molar-refractivity contribution in [3.8, 4) is 5.75 Å². The molecule has 6 heteroatoms. The first-order valence-corrected chi connectivity index (χ1v) is 4.74. The number of H-pyrrole nitrogens is 1. The van der Waals surface area contributed by atoms with Gasteiger partial charge in [0.15, 0.2) is 5.75 Å². The van der Waals surface area contributed by atoms with Crippen molar-refractivity contribution in [1.82, 2.24) is 4.98 Å². The third-order valence-electron chi connectivity index (χ3n) is 2.22. The summed E-state index contributed by atoms with van der Waals surface area (Å²) in [6, 6.07) is 3.19. The van der Waals surface area contributed by atoms with E-state index in [4.69, 9.17) is 4.74 Å². The summed E-state index contributed by atoms with van der Waals surface area (Å²) >= 11 is 0. The minimum Gasteiger partial charge on any atom is -0.424 e. The van der Waals surface area contributed by atoms with Gasteiger partial charge in [0.2, 0.25) is 0 Å². The second-order valence-electron chi connectivity index (χ2n) is 3.50. The lowest BCUT2D eigenvalue weighted by molar-refractivity contribution is -0.137. The fourth-order valence-corrected chi connectivity index (χ4v) is 1.52. The molecular weight excluding hydrogens is 235 g/mol. The summed E-state index contributed by atoms with van der Waals surface area (Å²) < 4.78 is 42.1. The largest absolute Gasteiger partial charge is 0.424 e. The van der Waals surface area contributed by atoms with Crippen molar-refractivity contribution < 1.29 is 22.7 Å². The quantitative estimate of drug-likeness (QED) is 0.782. The Hall–Kier alpha value is -1.98. The summed E-state index contributed by atoms with van der Waals surface area (Å²) in [4.78, 5) is 13.4. The lowest BCUT2D eigenvalue weighted by atomic mass is 10.1. The van der Waals surface area contributed by atoms with Crippen LogP contribution in [-0.4, -0.2) is 11.0 Å². The van der Waals surface area contributed by atoms with Crippen LogP contribution in [0.25, 0.3) is 10.9 Å². The van der Waals surface area contributed by atoms with Gasteiger partial charge in [0.05, 0.1) is 5.56 Å². The molecule has 1 aromatic heterocycles. The molecule has 0 fully saturated rings. The number of carbonyl (C=O) groups excluding carboxylic acids is 1. The molecule has 2 rings (SSSR count). The van der Waals surface area contributed by atoms with Crippen LogP contribution in [0.4, 0.5) is 13.2 Å². The van der Waals surface area contributed by atoms with E-state index < -0.39 is 17.7 Å². The van der Waals surface area contributed by atoms with Gasteiger partial charge < -0.3 is 9.72 Å². The SMILES string of the molecule is CC(=O)Oc1c[nH]c2cc(C(F)(F)F)ccc12. The van der Waals surface area contributed by atoms with E-state index in [1.165, 1.54) is 19.2 Å². The molecule has 0 aliphatic rings. The summed E-state index contributed by atoms with van der Waals surface area (Å²) in [5.74, 6) is -0.299. The monoisotopic (exact) mass is 243 g/mol. The number of aromatic amines is 1. The summed E-state index contributed by atoms with van der Waals surface area (Å²) in [7, 11) is 0. The Bertz CT molecular complexity index is 572. The summed E-state index contributed by atoms with van der Waals surface area (Å²) in [5.41, 5.74) is -0.475. The van der Waals surface area contributed by atoms with Crippen molar-refractivity contribution in [1.29, 1.82) is 0 Å². The zero-order valence-electron chi connectivity index (χ0n) is 8.76. The Morgan fingerprint density at radius 2 is 2.06 bits per heavy atom. The molecule has 0 bridgehead atoms. The number of fused-ring (bicyclic) bond motifs is 1. The standard InChI is InChI=1S/C11H8F3NO2/c1-6(16)17-10-5-15-9-4-7(11(12,13)14)2-3-8(9)10/h2-5,15H,1H3. The van der Waals surface area contributed by atoms with Gasteiger partial charge in [-0.25, -0.2) is 0 Å². The van der Waals surface area contributed by atoms with Crippen LogP contribution in [0.3, 0.4) is 0 Å². The maximum absolute atomic E-state index is 12.4. The Balaban J connectivity index is 2.48. The number of hydrogen-bond donors (Lipinski definition) is 1. The maximum atomic E-state index is 12.4. The number of benzene rings is 1. The molecule has 0 amide bonds. The van der Waals surface area contributed by atoms with Gasteiger partial charge in [0, 0.05) is 24.0 Å². The van der Waals surface area contributed by atoms with Crippen molar-refractivity contribution in [3.05, 3.63) is 30.0 Å². The first-order valence-electron chi connectivity index (χ1n) is 4.74. The van der Waals surface area contributed by atoms with Crippen LogP contribution in [-0.2, 0) is 11.0 Å². The van der Waals surface area contributed by atoms with Gasteiger partial charge in [-0.3, -0.25) is 4.79 Å². The van der Waals surface area contributed by atoms with E-state index in [1.54, 1.807) is 0 Å². The van der Waals surface area contributed by atoms with E-state index >= 15 is 0 Å². The molecule has 90 valence electrons. The Labute approximate surface area is 94.2 Å². The minimum atomic E-state index is -4.39. The van der Waals surface area contributed by atoms with Crippen LogP contribution in [0.2, 0.25) is 0 Å². The van der Waals surface area contributed by atoms with Gasteiger partial charge in [-0.05, 0) is 18.2 Å². The van der Waals surface area contributed by atoms with Gasteiger partial charge in [-0.2, -0.15) is 13.2 Å². The molecule has 0 spiro atoms. The number of nitrogens with one attached hydrogen (secondary N) is 1. The number of halogens is 3. The number of alkyl halides is 3. The van der Waals surface area contributed by atoms with Crippen LogP contribution in [0.5, 0.6) is 5.75 Å². The molecule has 0 aliphatic carbocycles. The molecule has 2 aromatic rings. The van der Waals surface area contributed by atoms with Crippen molar-refractivity contribution in [3.63, 3.8) is 0 Å². The second kappa shape index (κ2) is 3.80. The number of ether oxygens (including phenoxy) is 1. The van der Waals surface area contributed by atoms with Crippen LogP contribution in [0.15, 0.2) is 24.4 Å². The first kappa shape index (κ1) is 11.5. The van der Waals surface area contributed by atoms with E-state index in [9.17, 15) is 18.0 Å². The highest BCUT2D eigenvalue weighted by Gasteiger charge is 2.30.